The highest BCUT2D eigenvalue weighted by atomic mass is 32.2. The van der Waals surface area contributed by atoms with Crippen LogP contribution in [0.2, 0.25) is 0 Å². The van der Waals surface area contributed by atoms with Gasteiger partial charge in [-0.3, -0.25) is 19.1 Å². The van der Waals surface area contributed by atoms with Gasteiger partial charge in [-0.05, 0) is 45.8 Å². The van der Waals surface area contributed by atoms with Crippen LogP contribution in [0.25, 0.3) is 6.08 Å². The second kappa shape index (κ2) is 10.8. The van der Waals surface area contributed by atoms with Gasteiger partial charge in [0, 0.05) is 45.5 Å². The maximum absolute atomic E-state index is 13.0. The molecule has 30 heavy (non-hydrogen) atoms. The standard InChI is InChI=1S/C21H28N4O3S2/c1-6-24(7-2)18-15(14(4)16(13-22)19(26)23(18)5)12-17-20(27)25(21(29)30-17)10-9-11-28-8-3/h12H,6-11H2,1-5H3. The summed E-state index contributed by atoms with van der Waals surface area (Å²) in [6.07, 6.45) is 2.47. The van der Waals surface area contributed by atoms with Gasteiger partial charge >= 0.3 is 0 Å². The van der Waals surface area contributed by atoms with Crippen molar-refractivity contribution in [2.24, 2.45) is 7.05 Å². The molecule has 0 unspecified atom stereocenters. The van der Waals surface area contributed by atoms with Crippen molar-refractivity contribution in [2.75, 3.05) is 37.7 Å². The van der Waals surface area contributed by atoms with E-state index in [1.807, 2.05) is 31.7 Å². The van der Waals surface area contributed by atoms with Gasteiger partial charge in [0.05, 0.1) is 4.91 Å². The van der Waals surface area contributed by atoms with Crippen molar-refractivity contribution < 1.29 is 9.53 Å². The molecule has 0 bridgehead atoms. The topological polar surface area (TPSA) is 78.6 Å². The van der Waals surface area contributed by atoms with Gasteiger partial charge in [-0.25, -0.2) is 0 Å². The lowest BCUT2D eigenvalue weighted by atomic mass is 10.0. The lowest BCUT2D eigenvalue weighted by molar-refractivity contribution is -0.122. The molecule has 0 aromatic carbocycles. The number of hydrogen-bond donors (Lipinski definition) is 0. The molecule has 1 aliphatic rings. The van der Waals surface area contributed by atoms with E-state index in [1.54, 1.807) is 24.9 Å². The number of thioether (sulfide) groups is 1. The average Bonchev–Trinajstić information content (AvgIpc) is 2.99. The lowest BCUT2D eigenvalue weighted by Gasteiger charge is -2.27. The molecule has 1 aromatic heterocycles. The summed E-state index contributed by atoms with van der Waals surface area (Å²) in [5.74, 6) is 0.543. The Morgan fingerprint density at radius 2 is 1.93 bits per heavy atom. The Kier molecular flexibility index (Phi) is 8.65. The Bertz CT molecular complexity index is 958. The van der Waals surface area contributed by atoms with E-state index in [0.717, 1.165) is 0 Å². The predicted octanol–water partition coefficient (Wildman–Crippen LogP) is 3.04. The molecular weight excluding hydrogens is 420 g/mol. The number of thiocarbonyl (C=S) groups is 1. The van der Waals surface area contributed by atoms with Crippen LogP contribution in [-0.2, 0) is 16.6 Å². The maximum atomic E-state index is 13.0. The van der Waals surface area contributed by atoms with E-state index in [2.05, 4.69) is 0 Å². The molecule has 1 amide bonds. The molecular formula is C21H28N4O3S2. The van der Waals surface area contributed by atoms with Gasteiger partial charge in [0.25, 0.3) is 11.5 Å². The monoisotopic (exact) mass is 448 g/mol. The second-order valence-corrected chi connectivity index (χ2v) is 8.45. The smallest absolute Gasteiger partial charge is 0.270 e. The first kappa shape index (κ1) is 24.1. The van der Waals surface area contributed by atoms with Crippen molar-refractivity contribution in [3.63, 3.8) is 0 Å². The highest BCUT2D eigenvalue weighted by Crippen LogP contribution is 2.35. The summed E-state index contributed by atoms with van der Waals surface area (Å²) in [6.45, 7) is 10.8. The normalized spacial score (nSPS) is 15.2. The molecule has 0 N–H and O–H groups in total. The van der Waals surface area contributed by atoms with Crippen molar-refractivity contribution in [3.05, 3.63) is 31.9 Å². The highest BCUT2D eigenvalue weighted by Gasteiger charge is 2.32. The highest BCUT2D eigenvalue weighted by molar-refractivity contribution is 8.26. The third-order valence-corrected chi connectivity index (χ3v) is 6.43. The fourth-order valence-electron chi connectivity index (χ4n) is 3.41. The van der Waals surface area contributed by atoms with E-state index in [1.165, 1.54) is 16.3 Å². The molecule has 7 nitrogen and oxygen atoms in total. The van der Waals surface area contributed by atoms with Crippen molar-refractivity contribution in [2.45, 2.75) is 34.1 Å². The van der Waals surface area contributed by atoms with Gasteiger partial charge in [-0.1, -0.05) is 24.0 Å². The molecule has 162 valence electrons. The third-order valence-electron chi connectivity index (χ3n) is 5.05. The summed E-state index contributed by atoms with van der Waals surface area (Å²) in [5, 5.41) is 9.52. The van der Waals surface area contributed by atoms with Crippen LogP contribution in [0.5, 0.6) is 0 Å². The number of nitriles is 1. The van der Waals surface area contributed by atoms with Gasteiger partial charge in [0.15, 0.2) is 0 Å². The van der Waals surface area contributed by atoms with E-state index in [-0.39, 0.29) is 17.0 Å². The Morgan fingerprint density at radius 3 is 2.50 bits per heavy atom. The van der Waals surface area contributed by atoms with Crippen LogP contribution in [-0.4, -0.2) is 52.5 Å². The molecule has 0 atom stereocenters. The molecule has 1 fully saturated rings. The Hall–Kier alpha value is -2.15. The van der Waals surface area contributed by atoms with E-state index in [9.17, 15) is 14.9 Å². The zero-order valence-corrected chi connectivity index (χ0v) is 19.8. The number of amides is 1. The number of carbonyl (C=O) groups excluding carboxylic acids is 1. The largest absolute Gasteiger partial charge is 0.382 e. The summed E-state index contributed by atoms with van der Waals surface area (Å²) in [7, 11) is 1.66. The molecule has 2 heterocycles. The fourth-order valence-corrected chi connectivity index (χ4v) is 4.70. The second-order valence-electron chi connectivity index (χ2n) is 6.77. The van der Waals surface area contributed by atoms with Crippen LogP contribution in [0.3, 0.4) is 0 Å². The summed E-state index contributed by atoms with van der Waals surface area (Å²) >= 11 is 6.66. The molecule has 9 heteroatoms. The van der Waals surface area contributed by atoms with Crippen LogP contribution in [0.4, 0.5) is 5.82 Å². The molecule has 0 saturated carbocycles. The van der Waals surface area contributed by atoms with E-state index < -0.39 is 0 Å². The minimum atomic E-state index is -0.336. The summed E-state index contributed by atoms with van der Waals surface area (Å²) < 4.78 is 7.35. The number of rotatable bonds is 9. The number of nitrogens with zero attached hydrogens (tertiary/aromatic N) is 4. The number of ether oxygens (including phenoxy) is 1. The number of anilines is 1. The van der Waals surface area contributed by atoms with Crippen molar-refractivity contribution in [3.8, 4) is 6.07 Å². The molecule has 2 rings (SSSR count). The minimum absolute atomic E-state index is 0.0897. The number of hydrogen-bond acceptors (Lipinski definition) is 7. The van der Waals surface area contributed by atoms with Gasteiger partial charge in [-0.2, -0.15) is 5.26 Å². The minimum Gasteiger partial charge on any atom is -0.382 e. The van der Waals surface area contributed by atoms with Crippen LogP contribution in [0, 0.1) is 18.3 Å². The first-order valence-corrected chi connectivity index (χ1v) is 11.3. The molecule has 1 aliphatic heterocycles. The van der Waals surface area contributed by atoms with Gasteiger partial charge in [0.1, 0.15) is 21.8 Å². The lowest BCUT2D eigenvalue weighted by Crippen LogP contribution is -2.33. The van der Waals surface area contributed by atoms with E-state index in [0.29, 0.717) is 65.4 Å². The van der Waals surface area contributed by atoms with Crippen molar-refractivity contribution >= 4 is 46.1 Å². The first-order valence-electron chi connectivity index (χ1n) is 10.0. The fraction of sp³-hybridized carbons (Fsp3) is 0.524. The SMILES string of the molecule is CCOCCCN1C(=O)C(=Cc2c(C)c(C#N)c(=O)n(C)c2N(CC)CC)SC1=S. The van der Waals surface area contributed by atoms with Crippen LogP contribution in [0.15, 0.2) is 9.70 Å². The average molecular weight is 449 g/mol. The molecule has 0 spiro atoms. The number of aromatic nitrogens is 1. The Morgan fingerprint density at radius 1 is 1.27 bits per heavy atom. The van der Waals surface area contributed by atoms with Crippen LogP contribution < -0.4 is 10.5 Å². The molecule has 0 aliphatic carbocycles. The summed E-state index contributed by atoms with van der Waals surface area (Å²) in [6, 6.07) is 2.02. The van der Waals surface area contributed by atoms with Crippen LogP contribution >= 0.6 is 24.0 Å². The zero-order chi connectivity index (χ0) is 22.4. The molecule has 1 saturated heterocycles. The molecule has 1 aromatic rings. The van der Waals surface area contributed by atoms with E-state index in [4.69, 9.17) is 17.0 Å². The quantitative estimate of drug-likeness (QED) is 0.326. The van der Waals surface area contributed by atoms with Gasteiger partial charge in [-0.15, -0.1) is 0 Å². The van der Waals surface area contributed by atoms with Crippen molar-refractivity contribution in [1.29, 1.82) is 5.26 Å². The van der Waals surface area contributed by atoms with Crippen molar-refractivity contribution in [1.82, 2.24) is 9.47 Å². The van der Waals surface area contributed by atoms with Crippen LogP contribution in [0.1, 0.15) is 43.9 Å². The maximum Gasteiger partial charge on any atom is 0.270 e. The zero-order valence-electron chi connectivity index (χ0n) is 18.2. The van der Waals surface area contributed by atoms with E-state index >= 15 is 0 Å². The third kappa shape index (κ3) is 4.77. The Balaban J connectivity index is 2.53. The number of pyridine rings is 1. The summed E-state index contributed by atoms with van der Waals surface area (Å²) in [5.41, 5.74) is 1.03. The van der Waals surface area contributed by atoms with Gasteiger partial charge < -0.3 is 9.64 Å². The Labute approximate surface area is 187 Å². The number of carbonyl (C=O) groups is 1. The van der Waals surface area contributed by atoms with Gasteiger partial charge in [0.2, 0.25) is 0 Å². The predicted molar refractivity (Wildman–Crippen MR) is 126 cm³/mol. The molecule has 0 radical (unpaired) electrons. The summed E-state index contributed by atoms with van der Waals surface area (Å²) in [4.78, 5) is 29.8. The first-order chi connectivity index (χ1) is 14.3.